The van der Waals surface area contributed by atoms with Crippen LogP contribution in [-0.2, 0) is 0 Å². The lowest BCUT2D eigenvalue weighted by Crippen LogP contribution is -2.30. The summed E-state index contributed by atoms with van der Waals surface area (Å²) in [6.07, 6.45) is 7.73. The van der Waals surface area contributed by atoms with Crippen molar-refractivity contribution >= 4 is 5.97 Å². The van der Waals surface area contributed by atoms with Crippen LogP contribution >= 0.6 is 0 Å². The van der Waals surface area contributed by atoms with Crippen LogP contribution in [0.2, 0.25) is 0 Å². The monoisotopic (exact) mass is 462 g/mol. The standard InChI is InChI=1S/C26H26F4O3/c1-3-14-4-5-16-13-17(7-6-15(16)12-14)18-8-9-19(23(28)22(18)27)26(31)33-21-11-10-20(32-2)24(29)25(21)30/h3,8-11,14-17H,1,4-7,12-13H2,2H3. The third-order valence-corrected chi connectivity index (χ3v) is 7.19. The number of ether oxygens (including phenoxy) is 2. The summed E-state index contributed by atoms with van der Waals surface area (Å²) < 4.78 is 67.2. The Morgan fingerprint density at radius 3 is 2.27 bits per heavy atom. The van der Waals surface area contributed by atoms with Gasteiger partial charge in [-0.1, -0.05) is 12.1 Å². The maximum Gasteiger partial charge on any atom is 0.346 e. The lowest BCUT2D eigenvalue weighted by Gasteiger charge is -2.41. The van der Waals surface area contributed by atoms with Gasteiger partial charge < -0.3 is 9.47 Å². The second-order valence-corrected chi connectivity index (χ2v) is 8.95. The van der Waals surface area contributed by atoms with Crippen molar-refractivity contribution in [3.8, 4) is 11.5 Å². The van der Waals surface area contributed by atoms with Crippen LogP contribution in [0.25, 0.3) is 0 Å². The van der Waals surface area contributed by atoms with E-state index in [1.165, 1.54) is 6.07 Å². The molecule has 2 aromatic carbocycles. The zero-order chi connectivity index (χ0) is 23.7. The number of allylic oxidation sites excluding steroid dienone is 1. The highest BCUT2D eigenvalue weighted by Crippen LogP contribution is 2.48. The average Bonchev–Trinajstić information content (AvgIpc) is 2.83. The summed E-state index contributed by atoms with van der Waals surface area (Å²) in [6.45, 7) is 3.90. The Balaban J connectivity index is 1.50. The van der Waals surface area contributed by atoms with E-state index in [1.807, 2.05) is 6.08 Å². The molecule has 176 valence electrons. The minimum Gasteiger partial charge on any atom is -0.494 e. The average molecular weight is 462 g/mol. The van der Waals surface area contributed by atoms with Gasteiger partial charge in [-0.15, -0.1) is 6.58 Å². The highest BCUT2D eigenvalue weighted by molar-refractivity contribution is 5.91. The highest BCUT2D eigenvalue weighted by Gasteiger charge is 2.36. The van der Waals surface area contributed by atoms with Crippen LogP contribution in [0.15, 0.2) is 36.9 Å². The number of esters is 1. The lowest BCUT2D eigenvalue weighted by molar-refractivity contribution is 0.0720. The first kappa shape index (κ1) is 23.3. The zero-order valence-corrected chi connectivity index (χ0v) is 18.4. The number of methoxy groups -OCH3 is 1. The van der Waals surface area contributed by atoms with Crippen molar-refractivity contribution in [3.05, 3.63) is 71.3 Å². The molecule has 2 aliphatic rings. The Bertz CT molecular complexity index is 1070. The van der Waals surface area contributed by atoms with Crippen molar-refractivity contribution in [1.29, 1.82) is 0 Å². The molecule has 4 rings (SSSR count). The smallest absolute Gasteiger partial charge is 0.346 e. The van der Waals surface area contributed by atoms with Gasteiger partial charge in [0, 0.05) is 0 Å². The summed E-state index contributed by atoms with van der Waals surface area (Å²) in [6, 6.07) is 4.60. The van der Waals surface area contributed by atoms with E-state index in [0.717, 1.165) is 63.8 Å². The highest BCUT2D eigenvalue weighted by atomic mass is 19.2. The summed E-state index contributed by atoms with van der Waals surface area (Å²) in [7, 11) is 1.15. The predicted molar refractivity (Wildman–Crippen MR) is 115 cm³/mol. The molecule has 0 heterocycles. The van der Waals surface area contributed by atoms with Gasteiger partial charge in [0.05, 0.1) is 12.7 Å². The zero-order valence-electron chi connectivity index (χ0n) is 18.4. The number of halogens is 4. The van der Waals surface area contributed by atoms with Crippen molar-refractivity contribution in [2.45, 2.75) is 44.4 Å². The molecule has 33 heavy (non-hydrogen) atoms. The van der Waals surface area contributed by atoms with Gasteiger partial charge in [-0.05, 0) is 86.0 Å². The van der Waals surface area contributed by atoms with E-state index in [0.29, 0.717) is 17.8 Å². The number of hydrogen-bond acceptors (Lipinski definition) is 3. The maximum absolute atomic E-state index is 15.0. The van der Waals surface area contributed by atoms with Gasteiger partial charge >= 0.3 is 5.97 Å². The van der Waals surface area contributed by atoms with Gasteiger partial charge in [0.2, 0.25) is 11.6 Å². The fourth-order valence-corrected chi connectivity index (χ4v) is 5.36. The Hall–Kier alpha value is -2.83. The van der Waals surface area contributed by atoms with Crippen LogP contribution in [0.3, 0.4) is 0 Å². The molecule has 0 N–H and O–H groups in total. The van der Waals surface area contributed by atoms with Crippen LogP contribution in [0.1, 0.15) is 60.4 Å². The van der Waals surface area contributed by atoms with Crippen LogP contribution in [0.4, 0.5) is 17.6 Å². The molecule has 7 heteroatoms. The normalized spacial score (nSPS) is 24.6. The van der Waals surface area contributed by atoms with E-state index >= 15 is 0 Å². The Kier molecular flexibility index (Phi) is 6.77. The van der Waals surface area contributed by atoms with Crippen molar-refractivity contribution in [2.24, 2.45) is 17.8 Å². The fourth-order valence-electron chi connectivity index (χ4n) is 5.36. The first-order valence-electron chi connectivity index (χ1n) is 11.2. The van der Waals surface area contributed by atoms with Crippen LogP contribution in [0.5, 0.6) is 11.5 Å². The molecular formula is C26H26F4O3. The molecule has 2 saturated carbocycles. The van der Waals surface area contributed by atoms with Crippen molar-refractivity contribution < 1.29 is 31.8 Å². The minimum absolute atomic E-state index is 0.126. The van der Waals surface area contributed by atoms with E-state index in [9.17, 15) is 22.4 Å². The fraction of sp³-hybridized carbons (Fsp3) is 0.423. The second-order valence-electron chi connectivity index (χ2n) is 8.95. The predicted octanol–water partition coefficient (Wildman–Crippen LogP) is 6.96. The molecule has 0 bridgehead atoms. The summed E-state index contributed by atoms with van der Waals surface area (Å²) in [4.78, 5) is 12.4. The Morgan fingerprint density at radius 2 is 1.55 bits per heavy atom. The number of fused-ring (bicyclic) bond motifs is 1. The number of rotatable bonds is 5. The molecule has 3 nitrogen and oxygen atoms in total. The minimum atomic E-state index is -1.46. The van der Waals surface area contributed by atoms with E-state index < -0.39 is 40.6 Å². The van der Waals surface area contributed by atoms with Crippen LogP contribution in [0, 0.1) is 41.0 Å². The van der Waals surface area contributed by atoms with E-state index in [-0.39, 0.29) is 17.2 Å². The van der Waals surface area contributed by atoms with Crippen molar-refractivity contribution in [1.82, 2.24) is 0 Å². The van der Waals surface area contributed by atoms with Gasteiger partial charge in [0.25, 0.3) is 0 Å². The molecule has 2 fully saturated rings. The number of carbonyl (C=O) groups is 1. The van der Waals surface area contributed by atoms with E-state index in [1.54, 1.807) is 0 Å². The summed E-state index contributed by atoms with van der Waals surface area (Å²) >= 11 is 0. The quantitative estimate of drug-likeness (QED) is 0.209. The molecule has 4 unspecified atom stereocenters. The molecule has 0 radical (unpaired) electrons. The molecular weight excluding hydrogens is 436 g/mol. The molecule has 0 saturated heterocycles. The van der Waals surface area contributed by atoms with Gasteiger partial charge in [-0.2, -0.15) is 8.78 Å². The van der Waals surface area contributed by atoms with Crippen molar-refractivity contribution in [2.75, 3.05) is 7.11 Å². The topological polar surface area (TPSA) is 35.5 Å². The molecule has 0 spiro atoms. The van der Waals surface area contributed by atoms with E-state index in [2.05, 4.69) is 11.3 Å². The Morgan fingerprint density at radius 1 is 0.879 bits per heavy atom. The van der Waals surface area contributed by atoms with E-state index in [4.69, 9.17) is 4.74 Å². The summed E-state index contributed by atoms with van der Waals surface area (Å²) in [5.41, 5.74) is -0.429. The van der Waals surface area contributed by atoms with Crippen LogP contribution in [-0.4, -0.2) is 13.1 Å². The van der Waals surface area contributed by atoms with Gasteiger partial charge in [-0.3, -0.25) is 0 Å². The lowest BCUT2D eigenvalue weighted by atomic mass is 9.64. The summed E-state index contributed by atoms with van der Waals surface area (Å²) in [5, 5.41) is 0. The molecule has 0 aromatic heterocycles. The third-order valence-electron chi connectivity index (χ3n) is 7.19. The molecule has 0 aliphatic heterocycles. The molecule has 4 atom stereocenters. The Labute approximate surface area is 190 Å². The van der Waals surface area contributed by atoms with Gasteiger partial charge in [-0.25, -0.2) is 13.6 Å². The largest absolute Gasteiger partial charge is 0.494 e. The molecule has 2 aromatic rings. The van der Waals surface area contributed by atoms with Crippen molar-refractivity contribution in [3.63, 3.8) is 0 Å². The van der Waals surface area contributed by atoms with Gasteiger partial charge in [0.15, 0.2) is 23.1 Å². The van der Waals surface area contributed by atoms with Gasteiger partial charge in [0.1, 0.15) is 0 Å². The third kappa shape index (κ3) is 4.50. The second kappa shape index (κ2) is 9.57. The molecule has 2 aliphatic carbocycles. The first-order chi connectivity index (χ1) is 15.8. The number of hydrogen-bond donors (Lipinski definition) is 0. The molecule has 0 amide bonds. The number of benzene rings is 2. The van der Waals surface area contributed by atoms with Crippen LogP contribution < -0.4 is 9.47 Å². The summed E-state index contributed by atoms with van der Waals surface area (Å²) in [5.74, 6) is -6.19. The maximum atomic E-state index is 15.0. The first-order valence-corrected chi connectivity index (χ1v) is 11.2. The SMILES string of the molecule is C=CC1CCC2CC(c3ccc(C(=O)Oc4ccc(OC)c(F)c4F)c(F)c3F)CCC2C1. The number of carbonyl (C=O) groups excluding carboxylic acids is 1.